The molecule has 1 N–H and O–H groups in total. The fourth-order valence-corrected chi connectivity index (χ4v) is 2.97. The van der Waals surface area contributed by atoms with E-state index in [1.54, 1.807) is 17.5 Å². The third-order valence-corrected chi connectivity index (χ3v) is 4.84. The molecule has 0 bridgehead atoms. The molecule has 0 saturated heterocycles. The van der Waals surface area contributed by atoms with Crippen LogP contribution in [0.4, 0.5) is 14.5 Å². The molecule has 108 valence electrons. The lowest BCUT2D eigenvalue weighted by Crippen LogP contribution is -2.11. The van der Waals surface area contributed by atoms with E-state index in [4.69, 9.17) is 0 Å². The van der Waals surface area contributed by atoms with Crippen molar-refractivity contribution in [1.82, 2.24) is 4.98 Å². The molecule has 0 fully saturated rings. The first-order valence-corrected chi connectivity index (χ1v) is 8.03. The van der Waals surface area contributed by atoms with Crippen LogP contribution in [0.15, 0.2) is 35.4 Å². The van der Waals surface area contributed by atoms with E-state index in [1.165, 1.54) is 12.1 Å². The highest BCUT2D eigenvalue weighted by molar-refractivity contribution is 7.91. The Labute approximate surface area is 119 Å². The minimum Gasteiger partial charge on any atom is -0.379 e. The summed E-state index contributed by atoms with van der Waals surface area (Å²) in [4.78, 5) is 4.88. The molecule has 0 aliphatic carbocycles. The van der Waals surface area contributed by atoms with Crippen LogP contribution < -0.4 is 5.32 Å². The van der Waals surface area contributed by atoms with E-state index >= 15 is 0 Å². The van der Waals surface area contributed by atoms with E-state index in [2.05, 4.69) is 10.3 Å². The number of hydrogen-bond acceptors (Lipinski definition) is 5. The van der Waals surface area contributed by atoms with E-state index < -0.39 is 15.6 Å². The van der Waals surface area contributed by atoms with Crippen LogP contribution in [0.1, 0.15) is 9.88 Å². The standard InChI is InChI=1S/C12H12F2N2O2S2/c1-8-6-16-11(19-8)7-15-9-2-4-10(5-3-9)20(17,18)12(13)14/h2-6,12,15H,7H2,1H3. The highest BCUT2D eigenvalue weighted by Crippen LogP contribution is 2.21. The molecule has 2 aromatic rings. The van der Waals surface area contributed by atoms with Gasteiger partial charge in [0.05, 0.1) is 11.4 Å². The Bertz CT molecular complexity index is 682. The van der Waals surface area contributed by atoms with Gasteiger partial charge >= 0.3 is 5.76 Å². The largest absolute Gasteiger partial charge is 0.379 e. The molecule has 0 amide bonds. The maximum absolute atomic E-state index is 12.4. The molecule has 0 aliphatic heterocycles. The van der Waals surface area contributed by atoms with Crippen LogP contribution in [0.5, 0.6) is 0 Å². The van der Waals surface area contributed by atoms with E-state index in [0.29, 0.717) is 12.2 Å². The van der Waals surface area contributed by atoms with Crippen LogP contribution in [0.25, 0.3) is 0 Å². The van der Waals surface area contributed by atoms with Gasteiger partial charge in [-0.3, -0.25) is 0 Å². The van der Waals surface area contributed by atoms with E-state index in [9.17, 15) is 17.2 Å². The monoisotopic (exact) mass is 318 g/mol. The van der Waals surface area contributed by atoms with E-state index in [0.717, 1.165) is 22.0 Å². The Hall–Kier alpha value is -1.54. The molecular weight excluding hydrogens is 306 g/mol. The SMILES string of the molecule is Cc1cnc(CNc2ccc(S(=O)(=O)C(F)F)cc2)s1. The number of nitrogens with one attached hydrogen (secondary N) is 1. The summed E-state index contributed by atoms with van der Waals surface area (Å²) in [7, 11) is -4.53. The molecule has 0 atom stereocenters. The summed E-state index contributed by atoms with van der Waals surface area (Å²) in [6.07, 6.45) is 1.76. The zero-order valence-electron chi connectivity index (χ0n) is 10.5. The molecule has 4 nitrogen and oxygen atoms in total. The number of halogens is 2. The Kier molecular flexibility index (Phi) is 4.34. The van der Waals surface area contributed by atoms with Crippen molar-refractivity contribution in [3.8, 4) is 0 Å². The number of thiazole rings is 1. The molecule has 0 spiro atoms. The van der Waals surface area contributed by atoms with Gasteiger partial charge in [0, 0.05) is 16.8 Å². The molecule has 0 radical (unpaired) electrons. The number of aromatic nitrogens is 1. The summed E-state index contributed by atoms with van der Waals surface area (Å²) in [6.45, 7) is 2.45. The summed E-state index contributed by atoms with van der Waals surface area (Å²) in [5.74, 6) is -3.40. The number of sulfone groups is 1. The maximum Gasteiger partial charge on any atom is 0.341 e. The van der Waals surface area contributed by atoms with Crippen LogP contribution in [0, 0.1) is 6.92 Å². The quantitative estimate of drug-likeness (QED) is 0.920. The Morgan fingerprint density at radius 1 is 1.30 bits per heavy atom. The number of nitrogens with zero attached hydrogens (tertiary/aromatic N) is 1. The third-order valence-electron chi connectivity index (χ3n) is 2.53. The predicted molar refractivity (Wildman–Crippen MR) is 73.8 cm³/mol. The normalized spacial score (nSPS) is 11.8. The summed E-state index contributed by atoms with van der Waals surface area (Å²) in [6, 6.07) is 5.24. The summed E-state index contributed by atoms with van der Waals surface area (Å²) in [5.41, 5.74) is 0.645. The van der Waals surface area contributed by atoms with Gasteiger partial charge in [0.1, 0.15) is 5.01 Å². The fourth-order valence-electron chi connectivity index (χ4n) is 1.53. The number of rotatable bonds is 5. The first-order valence-electron chi connectivity index (χ1n) is 5.67. The molecule has 1 aromatic heterocycles. The van der Waals surface area contributed by atoms with E-state index in [-0.39, 0.29) is 4.90 Å². The first kappa shape index (κ1) is 14.9. The first-order chi connectivity index (χ1) is 9.39. The predicted octanol–water partition coefficient (Wildman–Crippen LogP) is 3.06. The number of benzene rings is 1. The average Bonchev–Trinajstić information content (AvgIpc) is 2.82. The number of aryl methyl sites for hydroxylation is 1. The summed E-state index contributed by atoms with van der Waals surface area (Å²) >= 11 is 1.55. The number of alkyl halides is 2. The lowest BCUT2D eigenvalue weighted by atomic mass is 10.3. The maximum atomic E-state index is 12.4. The van der Waals surface area contributed by atoms with Gasteiger partial charge in [0.15, 0.2) is 0 Å². The summed E-state index contributed by atoms with van der Waals surface area (Å²) in [5, 5.41) is 3.94. The van der Waals surface area contributed by atoms with Gasteiger partial charge in [-0.05, 0) is 31.2 Å². The van der Waals surface area contributed by atoms with Gasteiger partial charge in [-0.15, -0.1) is 11.3 Å². The highest BCUT2D eigenvalue weighted by atomic mass is 32.2. The molecule has 0 saturated carbocycles. The molecule has 1 aromatic carbocycles. The third kappa shape index (κ3) is 3.31. The second-order valence-electron chi connectivity index (χ2n) is 4.05. The fraction of sp³-hybridized carbons (Fsp3) is 0.250. The Balaban J connectivity index is 2.05. The van der Waals surface area contributed by atoms with Gasteiger partial charge in [-0.25, -0.2) is 13.4 Å². The van der Waals surface area contributed by atoms with Crippen molar-refractivity contribution < 1.29 is 17.2 Å². The van der Waals surface area contributed by atoms with Crippen LogP contribution in [-0.4, -0.2) is 19.2 Å². The average molecular weight is 318 g/mol. The molecule has 20 heavy (non-hydrogen) atoms. The number of hydrogen-bond donors (Lipinski definition) is 1. The molecule has 0 unspecified atom stereocenters. The van der Waals surface area contributed by atoms with Crippen molar-refractivity contribution in [3.05, 3.63) is 40.3 Å². The second kappa shape index (κ2) is 5.84. The highest BCUT2D eigenvalue weighted by Gasteiger charge is 2.26. The Morgan fingerprint density at radius 2 is 1.95 bits per heavy atom. The minimum absolute atomic E-state index is 0.386. The van der Waals surface area contributed by atoms with Crippen LogP contribution in [0.3, 0.4) is 0 Å². The van der Waals surface area contributed by atoms with Crippen molar-refractivity contribution >= 4 is 26.9 Å². The smallest absolute Gasteiger partial charge is 0.341 e. The van der Waals surface area contributed by atoms with Crippen LogP contribution in [-0.2, 0) is 16.4 Å². The molecular formula is C12H12F2N2O2S2. The van der Waals surface area contributed by atoms with Crippen LogP contribution >= 0.6 is 11.3 Å². The second-order valence-corrected chi connectivity index (χ2v) is 7.29. The van der Waals surface area contributed by atoms with Crippen LogP contribution in [0.2, 0.25) is 0 Å². The van der Waals surface area contributed by atoms with Crippen molar-refractivity contribution in [2.24, 2.45) is 0 Å². The lowest BCUT2D eigenvalue weighted by Gasteiger charge is -2.06. The van der Waals surface area contributed by atoms with Crippen molar-refractivity contribution in [1.29, 1.82) is 0 Å². The lowest BCUT2D eigenvalue weighted by molar-refractivity contribution is 0.234. The van der Waals surface area contributed by atoms with Gasteiger partial charge in [-0.1, -0.05) is 0 Å². The minimum atomic E-state index is -4.53. The van der Waals surface area contributed by atoms with Gasteiger partial charge in [0.25, 0.3) is 0 Å². The number of anilines is 1. The van der Waals surface area contributed by atoms with Crippen molar-refractivity contribution in [2.45, 2.75) is 24.1 Å². The van der Waals surface area contributed by atoms with Crippen molar-refractivity contribution in [3.63, 3.8) is 0 Å². The van der Waals surface area contributed by atoms with Gasteiger partial charge in [-0.2, -0.15) is 8.78 Å². The molecule has 0 aliphatic rings. The summed E-state index contributed by atoms with van der Waals surface area (Å²) < 4.78 is 47.2. The zero-order valence-corrected chi connectivity index (χ0v) is 12.1. The Morgan fingerprint density at radius 3 is 2.45 bits per heavy atom. The molecule has 2 rings (SSSR count). The van der Waals surface area contributed by atoms with Crippen molar-refractivity contribution in [2.75, 3.05) is 5.32 Å². The zero-order chi connectivity index (χ0) is 14.8. The van der Waals surface area contributed by atoms with Gasteiger partial charge < -0.3 is 5.32 Å². The molecule has 8 heteroatoms. The van der Waals surface area contributed by atoms with Gasteiger partial charge in [0.2, 0.25) is 9.84 Å². The topological polar surface area (TPSA) is 59.1 Å². The molecule has 1 heterocycles. The van der Waals surface area contributed by atoms with E-state index in [1.807, 2.05) is 6.92 Å².